The van der Waals surface area contributed by atoms with Gasteiger partial charge in [0.15, 0.2) is 0 Å². The second kappa shape index (κ2) is 9.98. The molecule has 1 aliphatic carbocycles. The summed E-state index contributed by atoms with van der Waals surface area (Å²) in [6.45, 7) is 2.58. The van der Waals surface area contributed by atoms with Crippen molar-refractivity contribution in [2.45, 2.75) is 31.8 Å². The van der Waals surface area contributed by atoms with Crippen molar-refractivity contribution in [1.82, 2.24) is 20.9 Å². The number of carbonyl (C=O) groups is 3. The molecule has 1 fully saturated rings. The average Bonchev–Trinajstić information content (AvgIpc) is 2.59. The number of aliphatic carboxylic acids is 1. The molecule has 0 atom stereocenters. The summed E-state index contributed by atoms with van der Waals surface area (Å²) < 4.78 is 27.0. The number of carboxylic acids is 1. The number of benzene rings is 1. The fraction of sp³-hybridized carbons (Fsp3) is 0.500. The van der Waals surface area contributed by atoms with Crippen LogP contribution >= 0.6 is 0 Å². The van der Waals surface area contributed by atoms with E-state index in [1.165, 1.54) is 6.07 Å². The third-order valence-corrected chi connectivity index (χ3v) is 4.60. The van der Waals surface area contributed by atoms with Crippen LogP contribution in [0.2, 0.25) is 0 Å². The molecule has 0 aromatic heterocycles. The van der Waals surface area contributed by atoms with Crippen molar-refractivity contribution in [2.75, 3.05) is 26.2 Å². The maximum Gasteiger partial charge on any atom is 0.317 e. The maximum atomic E-state index is 13.5. The van der Waals surface area contributed by atoms with Crippen molar-refractivity contribution in [3.63, 3.8) is 0 Å². The number of carboxylic acid groups (broad SMARTS) is 1. The number of hydrogen-bond donors (Lipinski definition) is 4. The number of halogens is 2. The van der Waals surface area contributed by atoms with Crippen LogP contribution < -0.4 is 16.0 Å². The van der Waals surface area contributed by atoms with Crippen molar-refractivity contribution in [1.29, 1.82) is 0 Å². The van der Waals surface area contributed by atoms with Crippen LogP contribution in [0.1, 0.15) is 30.1 Å². The number of amides is 3. The molecule has 1 aromatic rings. The standard InChI is InChI=1S/C18H24F2N4O4/c1-2-24(10-15(25)26)12-8-11(9-12)23-18(28)22-7-6-21-17(27)16-13(19)4-3-5-14(16)20/h3-5,11-12H,2,6-10H2,1H3,(H,21,27)(H,25,26)(H2,22,23,28). The number of urea groups is 1. The molecule has 0 spiro atoms. The summed E-state index contributed by atoms with van der Waals surface area (Å²) >= 11 is 0. The predicted molar refractivity (Wildman–Crippen MR) is 96.9 cm³/mol. The fourth-order valence-electron chi connectivity index (χ4n) is 3.07. The molecule has 0 saturated heterocycles. The van der Waals surface area contributed by atoms with E-state index in [4.69, 9.17) is 5.11 Å². The van der Waals surface area contributed by atoms with Crippen LogP contribution in [0.25, 0.3) is 0 Å². The Morgan fingerprint density at radius 1 is 1.14 bits per heavy atom. The van der Waals surface area contributed by atoms with Crippen molar-refractivity contribution >= 4 is 17.9 Å². The SMILES string of the molecule is CCN(CC(=O)O)C1CC(NC(=O)NCCNC(=O)c2c(F)cccc2F)C1. The Morgan fingerprint density at radius 3 is 2.32 bits per heavy atom. The van der Waals surface area contributed by atoms with Crippen LogP contribution in [0.3, 0.4) is 0 Å². The second-order valence-corrected chi connectivity index (χ2v) is 6.53. The summed E-state index contributed by atoms with van der Waals surface area (Å²) in [6, 6.07) is 2.81. The van der Waals surface area contributed by atoms with E-state index in [-0.39, 0.29) is 31.7 Å². The van der Waals surface area contributed by atoms with E-state index < -0.39 is 35.1 Å². The highest BCUT2D eigenvalue weighted by Gasteiger charge is 2.34. The van der Waals surface area contributed by atoms with Gasteiger partial charge in [-0.3, -0.25) is 14.5 Å². The van der Waals surface area contributed by atoms with Gasteiger partial charge in [-0.1, -0.05) is 13.0 Å². The second-order valence-electron chi connectivity index (χ2n) is 6.53. The van der Waals surface area contributed by atoms with E-state index in [0.717, 1.165) is 12.1 Å². The zero-order valence-electron chi connectivity index (χ0n) is 15.5. The summed E-state index contributed by atoms with van der Waals surface area (Å²) in [4.78, 5) is 36.3. The first-order valence-electron chi connectivity index (χ1n) is 9.04. The van der Waals surface area contributed by atoms with Gasteiger partial charge < -0.3 is 21.1 Å². The predicted octanol–water partition coefficient (Wildman–Crippen LogP) is 0.931. The van der Waals surface area contributed by atoms with Crippen LogP contribution in [0.5, 0.6) is 0 Å². The van der Waals surface area contributed by atoms with E-state index in [1.807, 2.05) is 11.8 Å². The molecule has 8 nitrogen and oxygen atoms in total. The van der Waals surface area contributed by atoms with E-state index in [1.54, 1.807) is 0 Å². The first kappa shape index (κ1) is 21.5. The van der Waals surface area contributed by atoms with Crippen LogP contribution in [0.4, 0.5) is 13.6 Å². The molecule has 0 heterocycles. The lowest BCUT2D eigenvalue weighted by Gasteiger charge is -2.42. The minimum Gasteiger partial charge on any atom is -0.480 e. The van der Waals surface area contributed by atoms with E-state index in [9.17, 15) is 23.2 Å². The first-order valence-corrected chi connectivity index (χ1v) is 9.04. The molecule has 4 N–H and O–H groups in total. The number of rotatable bonds is 9. The molecular formula is C18H24F2N4O4. The Morgan fingerprint density at radius 2 is 1.75 bits per heavy atom. The van der Waals surface area contributed by atoms with Gasteiger partial charge >= 0.3 is 12.0 Å². The van der Waals surface area contributed by atoms with Crippen LogP contribution in [0.15, 0.2) is 18.2 Å². The van der Waals surface area contributed by atoms with Gasteiger partial charge in [0, 0.05) is 25.2 Å². The van der Waals surface area contributed by atoms with Crippen molar-refractivity contribution in [3.8, 4) is 0 Å². The lowest BCUT2D eigenvalue weighted by molar-refractivity contribution is -0.139. The number of nitrogens with one attached hydrogen (secondary N) is 3. The van der Waals surface area contributed by atoms with Crippen LogP contribution in [-0.4, -0.2) is 66.2 Å². The molecule has 2 rings (SSSR count). The summed E-state index contributed by atoms with van der Waals surface area (Å²) in [5.41, 5.74) is -0.658. The van der Waals surface area contributed by atoms with Crippen molar-refractivity contribution in [2.24, 2.45) is 0 Å². The van der Waals surface area contributed by atoms with Gasteiger partial charge in [-0.15, -0.1) is 0 Å². The normalized spacial score (nSPS) is 18.3. The van der Waals surface area contributed by atoms with E-state index in [0.29, 0.717) is 19.4 Å². The lowest BCUT2D eigenvalue weighted by atomic mass is 9.85. The molecule has 10 heteroatoms. The van der Waals surface area contributed by atoms with Gasteiger partial charge in [-0.2, -0.15) is 0 Å². The average molecular weight is 398 g/mol. The quantitative estimate of drug-likeness (QED) is 0.463. The highest BCUT2D eigenvalue weighted by Crippen LogP contribution is 2.25. The van der Waals surface area contributed by atoms with E-state index in [2.05, 4.69) is 16.0 Å². The molecule has 0 aliphatic heterocycles. The number of nitrogens with zero attached hydrogens (tertiary/aromatic N) is 1. The minimum atomic E-state index is -0.952. The summed E-state index contributed by atoms with van der Waals surface area (Å²) in [5, 5.41) is 16.5. The summed E-state index contributed by atoms with van der Waals surface area (Å²) in [7, 11) is 0. The van der Waals surface area contributed by atoms with Gasteiger partial charge in [0.05, 0.1) is 6.54 Å². The summed E-state index contributed by atoms with van der Waals surface area (Å²) in [6.07, 6.45) is 1.33. The molecule has 1 aromatic carbocycles. The first-order chi connectivity index (χ1) is 13.3. The number of likely N-dealkylation sites (N-methyl/N-ethyl adjacent to an activating group) is 1. The Bertz CT molecular complexity index is 705. The summed E-state index contributed by atoms with van der Waals surface area (Å²) in [5.74, 6) is -3.68. The lowest BCUT2D eigenvalue weighted by Crippen LogP contribution is -2.56. The smallest absolute Gasteiger partial charge is 0.317 e. The molecule has 1 aliphatic rings. The Labute approximate surface area is 161 Å². The zero-order valence-corrected chi connectivity index (χ0v) is 15.5. The van der Waals surface area contributed by atoms with Crippen molar-refractivity contribution in [3.05, 3.63) is 35.4 Å². The topological polar surface area (TPSA) is 111 Å². The maximum absolute atomic E-state index is 13.5. The fourth-order valence-corrected chi connectivity index (χ4v) is 3.07. The highest BCUT2D eigenvalue weighted by atomic mass is 19.1. The molecule has 3 amide bonds. The molecule has 0 unspecified atom stereocenters. The zero-order chi connectivity index (χ0) is 20.7. The van der Waals surface area contributed by atoms with Gasteiger partial charge in [0.25, 0.3) is 5.91 Å². The largest absolute Gasteiger partial charge is 0.480 e. The highest BCUT2D eigenvalue weighted by molar-refractivity contribution is 5.94. The monoisotopic (exact) mass is 398 g/mol. The molecule has 0 radical (unpaired) electrons. The molecule has 154 valence electrons. The molecule has 28 heavy (non-hydrogen) atoms. The third kappa shape index (κ3) is 5.88. The van der Waals surface area contributed by atoms with E-state index >= 15 is 0 Å². The Balaban J connectivity index is 1.64. The van der Waals surface area contributed by atoms with Gasteiger partial charge in [0.1, 0.15) is 17.2 Å². The molecule has 0 bridgehead atoms. The minimum absolute atomic E-state index is 0.00947. The van der Waals surface area contributed by atoms with Gasteiger partial charge in [-0.25, -0.2) is 13.6 Å². The van der Waals surface area contributed by atoms with Crippen LogP contribution in [-0.2, 0) is 4.79 Å². The Kier molecular flexibility index (Phi) is 7.68. The molecular weight excluding hydrogens is 374 g/mol. The number of carbonyl (C=O) groups excluding carboxylic acids is 2. The van der Waals surface area contributed by atoms with Crippen molar-refractivity contribution < 1.29 is 28.3 Å². The van der Waals surface area contributed by atoms with Gasteiger partial charge in [-0.05, 0) is 31.5 Å². The molecule has 1 saturated carbocycles. The third-order valence-electron chi connectivity index (χ3n) is 4.60. The van der Waals surface area contributed by atoms with Crippen LogP contribution in [0, 0.1) is 11.6 Å². The Hall–Kier alpha value is -2.75. The van der Waals surface area contributed by atoms with Gasteiger partial charge in [0.2, 0.25) is 0 Å². The number of hydrogen-bond acceptors (Lipinski definition) is 4.